The van der Waals surface area contributed by atoms with E-state index in [1.807, 2.05) is 13.0 Å². The van der Waals surface area contributed by atoms with E-state index in [-0.39, 0.29) is 30.0 Å². The van der Waals surface area contributed by atoms with Crippen LogP contribution >= 0.6 is 12.4 Å². The topological polar surface area (TPSA) is 41.1 Å². The van der Waals surface area contributed by atoms with Crippen LogP contribution in [0.1, 0.15) is 31.7 Å². The number of amides is 1. The van der Waals surface area contributed by atoms with Crippen LogP contribution in [0.2, 0.25) is 0 Å². The number of hydrogen-bond donors (Lipinski definition) is 2. The zero-order chi connectivity index (χ0) is 14.4. The van der Waals surface area contributed by atoms with E-state index in [2.05, 4.69) is 10.6 Å². The Balaban J connectivity index is 0.00000220. The third-order valence-electron chi connectivity index (χ3n) is 3.71. The standard InChI is InChI=1S/C16H23FN2O.ClH/c1-12(9-13-3-2-4-14(17)11-13)10-16(20)19-15-5-7-18-8-6-15;/h2-4,11-12,15,18H,5-10H2,1H3,(H,19,20);1H. The highest BCUT2D eigenvalue weighted by molar-refractivity contribution is 5.85. The van der Waals surface area contributed by atoms with Crippen molar-refractivity contribution >= 4 is 18.3 Å². The van der Waals surface area contributed by atoms with Crippen molar-refractivity contribution in [3.8, 4) is 0 Å². The first-order valence-electron chi connectivity index (χ1n) is 7.38. The van der Waals surface area contributed by atoms with Gasteiger partial charge in [-0.2, -0.15) is 0 Å². The van der Waals surface area contributed by atoms with Gasteiger partial charge in [0, 0.05) is 12.5 Å². The average Bonchev–Trinajstić information content (AvgIpc) is 2.39. The lowest BCUT2D eigenvalue weighted by Gasteiger charge is -2.24. The van der Waals surface area contributed by atoms with Gasteiger partial charge >= 0.3 is 0 Å². The van der Waals surface area contributed by atoms with Crippen LogP contribution in [0.5, 0.6) is 0 Å². The van der Waals surface area contributed by atoms with Crippen molar-refractivity contribution in [1.82, 2.24) is 10.6 Å². The van der Waals surface area contributed by atoms with E-state index in [0.717, 1.165) is 37.9 Å². The smallest absolute Gasteiger partial charge is 0.220 e. The highest BCUT2D eigenvalue weighted by atomic mass is 35.5. The second kappa shape index (κ2) is 9.00. The number of carbonyl (C=O) groups is 1. The van der Waals surface area contributed by atoms with Gasteiger partial charge < -0.3 is 10.6 Å². The molecule has 1 atom stereocenters. The largest absolute Gasteiger partial charge is 0.353 e. The molecule has 3 nitrogen and oxygen atoms in total. The highest BCUT2D eigenvalue weighted by Crippen LogP contribution is 2.13. The van der Waals surface area contributed by atoms with Crippen LogP contribution in [0.4, 0.5) is 4.39 Å². The Morgan fingerprint density at radius 1 is 1.43 bits per heavy atom. The first-order chi connectivity index (χ1) is 9.63. The van der Waals surface area contributed by atoms with Gasteiger partial charge in [-0.3, -0.25) is 4.79 Å². The molecule has 118 valence electrons. The number of halogens is 2. The van der Waals surface area contributed by atoms with Gasteiger partial charge in [0.25, 0.3) is 0 Å². The summed E-state index contributed by atoms with van der Waals surface area (Å²) in [7, 11) is 0. The Kier molecular flexibility index (Phi) is 7.68. The predicted octanol–water partition coefficient (Wildman–Crippen LogP) is 2.68. The summed E-state index contributed by atoms with van der Waals surface area (Å²) in [5.74, 6) is 0.119. The monoisotopic (exact) mass is 314 g/mol. The molecule has 1 aromatic carbocycles. The van der Waals surface area contributed by atoms with Gasteiger partial charge in [-0.25, -0.2) is 4.39 Å². The van der Waals surface area contributed by atoms with Crippen LogP contribution in [0.3, 0.4) is 0 Å². The maximum atomic E-state index is 13.1. The van der Waals surface area contributed by atoms with Gasteiger partial charge in [0.05, 0.1) is 0 Å². The van der Waals surface area contributed by atoms with Crippen LogP contribution in [0, 0.1) is 11.7 Å². The minimum Gasteiger partial charge on any atom is -0.353 e. The van der Waals surface area contributed by atoms with Gasteiger partial charge in [0.1, 0.15) is 5.82 Å². The summed E-state index contributed by atoms with van der Waals surface area (Å²) in [6.07, 6.45) is 3.24. The molecule has 0 aliphatic carbocycles. The molecule has 21 heavy (non-hydrogen) atoms. The number of rotatable bonds is 5. The Morgan fingerprint density at radius 2 is 2.14 bits per heavy atom. The molecule has 1 aromatic rings. The zero-order valence-corrected chi connectivity index (χ0v) is 13.2. The molecule has 0 saturated carbocycles. The lowest BCUT2D eigenvalue weighted by atomic mass is 9.97. The lowest BCUT2D eigenvalue weighted by Crippen LogP contribution is -2.43. The fourth-order valence-electron chi connectivity index (χ4n) is 2.71. The molecule has 1 amide bonds. The van der Waals surface area contributed by atoms with Crippen molar-refractivity contribution in [3.63, 3.8) is 0 Å². The fraction of sp³-hybridized carbons (Fsp3) is 0.562. The van der Waals surface area contributed by atoms with Gasteiger partial charge in [0.2, 0.25) is 5.91 Å². The Morgan fingerprint density at radius 3 is 2.81 bits per heavy atom. The van der Waals surface area contributed by atoms with Crippen molar-refractivity contribution in [1.29, 1.82) is 0 Å². The second-order valence-electron chi connectivity index (χ2n) is 5.74. The van der Waals surface area contributed by atoms with Crippen molar-refractivity contribution in [2.75, 3.05) is 13.1 Å². The number of carbonyl (C=O) groups excluding carboxylic acids is 1. The van der Waals surface area contributed by atoms with E-state index in [0.29, 0.717) is 12.5 Å². The third kappa shape index (κ3) is 6.44. The SMILES string of the molecule is CC(CC(=O)NC1CCNCC1)Cc1cccc(F)c1.Cl. The quantitative estimate of drug-likeness (QED) is 0.877. The average molecular weight is 315 g/mol. The molecule has 1 fully saturated rings. The summed E-state index contributed by atoms with van der Waals surface area (Å²) in [5, 5.41) is 6.37. The van der Waals surface area contributed by atoms with E-state index in [1.165, 1.54) is 6.07 Å². The van der Waals surface area contributed by atoms with Crippen LogP contribution in [0.15, 0.2) is 24.3 Å². The van der Waals surface area contributed by atoms with Crippen molar-refractivity contribution in [2.24, 2.45) is 5.92 Å². The molecule has 2 rings (SSSR count). The molecule has 1 unspecified atom stereocenters. The van der Waals surface area contributed by atoms with E-state index < -0.39 is 0 Å². The van der Waals surface area contributed by atoms with Crippen molar-refractivity contribution in [3.05, 3.63) is 35.6 Å². The normalized spacial score (nSPS) is 16.9. The Labute approximate surface area is 132 Å². The minimum atomic E-state index is -0.214. The molecule has 2 N–H and O–H groups in total. The molecule has 5 heteroatoms. The summed E-state index contributed by atoms with van der Waals surface area (Å²) in [5.41, 5.74) is 0.951. The molecular weight excluding hydrogens is 291 g/mol. The number of piperidine rings is 1. The van der Waals surface area contributed by atoms with Gasteiger partial charge in [0.15, 0.2) is 0 Å². The number of nitrogens with one attached hydrogen (secondary N) is 2. The Bertz CT molecular complexity index is 450. The van der Waals surface area contributed by atoms with Gasteiger partial charge in [-0.1, -0.05) is 19.1 Å². The lowest BCUT2D eigenvalue weighted by molar-refractivity contribution is -0.122. The maximum Gasteiger partial charge on any atom is 0.220 e. The first-order valence-corrected chi connectivity index (χ1v) is 7.38. The molecule has 0 aromatic heterocycles. The van der Waals surface area contributed by atoms with Crippen LogP contribution < -0.4 is 10.6 Å². The molecule has 0 bridgehead atoms. The van der Waals surface area contributed by atoms with E-state index in [9.17, 15) is 9.18 Å². The summed E-state index contributed by atoms with van der Waals surface area (Å²) in [6, 6.07) is 6.92. The van der Waals surface area contributed by atoms with E-state index in [1.54, 1.807) is 12.1 Å². The molecule has 1 aliphatic rings. The summed E-state index contributed by atoms with van der Waals surface area (Å²) >= 11 is 0. The summed E-state index contributed by atoms with van der Waals surface area (Å²) < 4.78 is 13.1. The first kappa shape index (κ1) is 17.9. The van der Waals surface area contributed by atoms with Gasteiger partial charge in [-0.15, -0.1) is 12.4 Å². The summed E-state index contributed by atoms with van der Waals surface area (Å²) in [4.78, 5) is 12.0. The number of hydrogen-bond acceptors (Lipinski definition) is 2. The zero-order valence-electron chi connectivity index (χ0n) is 12.4. The molecule has 0 radical (unpaired) electrons. The van der Waals surface area contributed by atoms with Crippen molar-refractivity contribution in [2.45, 2.75) is 38.6 Å². The third-order valence-corrected chi connectivity index (χ3v) is 3.71. The maximum absolute atomic E-state index is 13.1. The van der Waals surface area contributed by atoms with Crippen LogP contribution in [-0.2, 0) is 11.2 Å². The molecular formula is C16H24ClFN2O. The summed E-state index contributed by atoms with van der Waals surface area (Å²) in [6.45, 7) is 3.99. The van der Waals surface area contributed by atoms with Crippen LogP contribution in [-0.4, -0.2) is 25.0 Å². The fourth-order valence-corrected chi connectivity index (χ4v) is 2.71. The van der Waals surface area contributed by atoms with E-state index >= 15 is 0 Å². The second-order valence-corrected chi connectivity index (χ2v) is 5.74. The highest BCUT2D eigenvalue weighted by Gasteiger charge is 2.17. The molecule has 1 heterocycles. The predicted molar refractivity (Wildman–Crippen MR) is 85.2 cm³/mol. The number of benzene rings is 1. The van der Waals surface area contributed by atoms with Crippen molar-refractivity contribution < 1.29 is 9.18 Å². The molecule has 0 spiro atoms. The van der Waals surface area contributed by atoms with Gasteiger partial charge in [-0.05, 0) is 56.0 Å². The van der Waals surface area contributed by atoms with E-state index in [4.69, 9.17) is 0 Å². The molecule has 1 saturated heterocycles. The minimum absolute atomic E-state index is 0. The Hall–Kier alpha value is -1.13. The molecule has 1 aliphatic heterocycles. The van der Waals surface area contributed by atoms with Crippen LogP contribution in [0.25, 0.3) is 0 Å².